The molecular formula is C9H20N2O3S. The van der Waals surface area contributed by atoms with Gasteiger partial charge in [0.15, 0.2) is 0 Å². The minimum atomic E-state index is -3.39. The molecule has 0 aromatic rings. The molecule has 0 radical (unpaired) electrons. The number of nitrogens with zero attached hydrogens (tertiary/aromatic N) is 1. The van der Waals surface area contributed by atoms with Crippen LogP contribution in [0.1, 0.15) is 33.1 Å². The van der Waals surface area contributed by atoms with Gasteiger partial charge in [0.05, 0.1) is 5.60 Å². The van der Waals surface area contributed by atoms with E-state index in [0.717, 1.165) is 19.3 Å². The monoisotopic (exact) mass is 236 g/mol. The first-order valence-electron chi connectivity index (χ1n) is 5.28. The highest BCUT2D eigenvalue weighted by atomic mass is 32.2. The summed E-state index contributed by atoms with van der Waals surface area (Å²) < 4.78 is 27.3. The number of piperidine rings is 1. The van der Waals surface area contributed by atoms with Crippen molar-refractivity contribution < 1.29 is 13.5 Å². The highest BCUT2D eigenvalue weighted by Crippen LogP contribution is 2.12. The molecule has 0 spiro atoms. The molecule has 2 N–H and O–H groups in total. The van der Waals surface area contributed by atoms with Gasteiger partial charge in [0.2, 0.25) is 0 Å². The molecule has 1 heterocycles. The maximum atomic E-state index is 11.7. The summed E-state index contributed by atoms with van der Waals surface area (Å²) in [4.78, 5) is 0. The molecule has 0 unspecified atom stereocenters. The van der Waals surface area contributed by atoms with Crippen molar-refractivity contribution in [2.24, 2.45) is 0 Å². The summed E-state index contributed by atoms with van der Waals surface area (Å²) in [6.07, 6.45) is 2.93. The Kier molecular flexibility index (Phi) is 4.11. The van der Waals surface area contributed by atoms with Gasteiger partial charge >= 0.3 is 0 Å². The summed E-state index contributed by atoms with van der Waals surface area (Å²) >= 11 is 0. The number of hydrogen-bond donors (Lipinski definition) is 2. The van der Waals surface area contributed by atoms with Gasteiger partial charge in [-0.25, -0.2) is 0 Å². The van der Waals surface area contributed by atoms with Crippen LogP contribution in [-0.4, -0.2) is 43.1 Å². The van der Waals surface area contributed by atoms with Crippen LogP contribution < -0.4 is 4.72 Å². The van der Waals surface area contributed by atoms with Crippen LogP contribution in [0.15, 0.2) is 0 Å². The van der Waals surface area contributed by atoms with Crippen molar-refractivity contribution in [1.29, 1.82) is 0 Å². The first-order valence-corrected chi connectivity index (χ1v) is 6.72. The number of aliphatic hydroxyl groups is 1. The molecule has 1 saturated heterocycles. The van der Waals surface area contributed by atoms with Gasteiger partial charge in [-0.3, -0.25) is 0 Å². The van der Waals surface area contributed by atoms with E-state index in [1.807, 2.05) is 0 Å². The maximum absolute atomic E-state index is 11.7. The van der Waals surface area contributed by atoms with Crippen molar-refractivity contribution in [2.45, 2.75) is 38.7 Å². The third-order valence-corrected chi connectivity index (χ3v) is 3.90. The Labute approximate surface area is 91.7 Å². The molecule has 0 aromatic heterocycles. The smallest absolute Gasteiger partial charge is 0.279 e. The molecule has 6 heteroatoms. The third kappa shape index (κ3) is 4.46. The van der Waals surface area contributed by atoms with E-state index in [2.05, 4.69) is 4.72 Å². The summed E-state index contributed by atoms with van der Waals surface area (Å²) in [6.45, 7) is 4.37. The quantitative estimate of drug-likeness (QED) is 0.726. The molecule has 5 nitrogen and oxygen atoms in total. The molecule has 0 bridgehead atoms. The lowest BCUT2D eigenvalue weighted by Crippen LogP contribution is -2.47. The lowest BCUT2D eigenvalue weighted by Gasteiger charge is -2.27. The lowest BCUT2D eigenvalue weighted by molar-refractivity contribution is 0.0851. The largest absolute Gasteiger partial charge is 0.389 e. The summed E-state index contributed by atoms with van der Waals surface area (Å²) in [7, 11) is -3.39. The van der Waals surface area contributed by atoms with Crippen molar-refractivity contribution in [1.82, 2.24) is 9.03 Å². The van der Waals surface area contributed by atoms with E-state index >= 15 is 0 Å². The van der Waals surface area contributed by atoms with Gasteiger partial charge in [-0.05, 0) is 26.7 Å². The second kappa shape index (κ2) is 4.78. The Morgan fingerprint density at radius 1 is 1.27 bits per heavy atom. The highest BCUT2D eigenvalue weighted by molar-refractivity contribution is 7.87. The molecule has 90 valence electrons. The minimum Gasteiger partial charge on any atom is -0.389 e. The van der Waals surface area contributed by atoms with Gasteiger partial charge in [-0.15, -0.1) is 0 Å². The number of rotatable bonds is 4. The fourth-order valence-electron chi connectivity index (χ4n) is 1.46. The Hall–Kier alpha value is -0.170. The van der Waals surface area contributed by atoms with Crippen LogP contribution in [0, 0.1) is 0 Å². The lowest BCUT2D eigenvalue weighted by atomic mass is 10.1. The van der Waals surface area contributed by atoms with E-state index in [9.17, 15) is 13.5 Å². The molecular weight excluding hydrogens is 216 g/mol. The summed E-state index contributed by atoms with van der Waals surface area (Å²) in [6, 6.07) is 0. The molecule has 1 aliphatic heterocycles. The predicted octanol–water partition coefficient (Wildman–Crippen LogP) is 0.0776. The summed E-state index contributed by atoms with van der Waals surface area (Å²) in [5.74, 6) is 0. The van der Waals surface area contributed by atoms with Crippen LogP contribution in [0.4, 0.5) is 0 Å². The predicted molar refractivity (Wildman–Crippen MR) is 58.6 cm³/mol. The Bertz CT molecular complexity index is 289. The van der Waals surface area contributed by atoms with E-state index in [1.165, 1.54) is 4.31 Å². The Balaban J connectivity index is 2.51. The van der Waals surface area contributed by atoms with Crippen molar-refractivity contribution in [3.8, 4) is 0 Å². The zero-order chi connectivity index (χ0) is 11.5. The van der Waals surface area contributed by atoms with Gasteiger partial charge in [-0.2, -0.15) is 17.4 Å². The molecule has 0 aromatic carbocycles. The van der Waals surface area contributed by atoms with Crippen LogP contribution in [-0.2, 0) is 10.2 Å². The van der Waals surface area contributed by atoms with Crippen molar-refractivity contribution in [2.75, 3.05) is 19.6 Å². The van der Waals surface area contributed by atoms with E-state index in [0.29, 0.717) is 13.1 Å². The Morgan fingerprint density at radius 2 is 1.80 bits per heavy atom. The van der Waals surface area contributed by atoms with Crippen LogP contribution in [0.3, 0.4) is 0 Å². The van der Waals surface area contributed by atoms with E-state index in [-0.39, 0.29) is 6.54 Å². The average molecular weight is 236 g/mol. The minimum absolute atomic E-state index is 0.0475. The zero-order valence-corrected chi connectivity index (χ0v) is 10.2. The molecule has 15 heavy (non-hydrogen) atoms. The topological polar surface area (TPSA) is 69.6 Å². The van der Waals surface area contributed by atoms with Crippen molar-refractivity contribution in [3.63, 3.8) is 0 Å². The van der Waals surface area contributed by atoms with Gasteiger partial charge < -0.3 is 5.11 Å². The Morgan fingerprint density at radius 3 is 2.27 bits per heavy atom. The molecule has 0 aliphatic carbocycles. The fourth-order valence-corrected chi connectivity index (χ4v) is 2.92. The molecule has 0 atom stereocenters. The first-order chi connectivity index (χ1) is 6.81. The van der Waals surface area contributed by atoms with E-state index in [1.54, 1.807) is 13.8 Å². The molecule has 0 saturated carbocycles. The van der Waals surface area contributed by atoms with Gasteiger partial charge in [0.1, 0.15) is 0 Å². The average Bonchev–Trinajstić information content (AvgIpc) is 2.16. The van der Waals surface area contributed by atoms with Crippen LogP contribution in [0.25, 0.3) is 0 Å². The van der Waals surface area contributed by atoms with Crippen molar-refractivity contribution >= 4 is 10.2 Å². The first kappa shape index (κ1) is 12.9. The molecule has 0 amide bonds. The molecule has 1 aliphatic rings. The number of nitrogens with one attached hydrogen (secondary N) is 1. The second-order valence-electron chi connectivity index (χ2n) is 4.60. The van der Waals surface area contributed by atoms with E-state index in [4.69, 9.17) is 0 Å². The normalized spacial score (nSPS) is 20.5. The number of hydrogen-bond acceptors (Lipinski definition) is 3. The fraction of sp³-hybridized carbons (Fsp3) is 1.00. The van der Waals surface area contributed by atoms with Gasteiger partial charge in [0, 0.05) is 19.6 Å². The standard InChI is InChI=1S/C9H20N2O3S/c1-9(2,12)8-10-15(13,14)11-6-4-3-5-7-11/h10,12H,3-8H2,1-2H3. The van der Waals surface area contributed by atoms with Crippen LogP contribution in [0.5, 0.6) is 0 Å². The summed E-state index contributed by atoms with van der Waals surface area (Å²) in [5, 5.41) is 9.43. The van der Waals surface area contributed by atoms with E-state index < -0.39 is 15.8 Å². The van der Waals surface area contributed by atoms with Gasteiger partial charge in [0.25, 0.3) is 10.2 Å². The van der Waals surface area contributed by atoms with Gasteiger partial charge in [-0.1, -0.05) is 6.42 Å². The van der Waals surface area contributed by atoms with Crippen LogP contribution in [0.2, 0.25) is 0 Å². The third-order valence-electron chi connectivity index (χ3n) is 2.34. The summed E-state index contributed by atoms with van der Waals surface area (Å²) in [5.41, 5.74) is -1.01. The van der Waals surface area contributed by atoms with Crippen molar-refractivity contribution in [3.05, 3.63) is 0 Å². The molecule has 1 fully saturated rings. The second-order valence-corrected chi connectivity index (χ2v) is 6.35. The SMILES string of the molecule is CC(C)(O)CNS(=O)(=O)N1CCCCC1. The highest BCUT2D eigenvalue weighted by Gasteiger charge is 2.25. The zero-order valence-electron chi connectivity index (χ0n) is 9.36. The maximum Gasteiger partial charge on any atom is 0.279 e. The molecule has 1 rings (SSSR count). The van der Waals surface area contributed by atoms with Crippen LogP contribution >= 0.6 is 0 Å².